The predicted octanol–water partition coefficient (Wildman–Crippen LogP) is 1.47. The molecule has 0 aromatic heterocycles. The third-order valence-corrected chi connectivity index (χ3v) is 3.54. The fraction of sp³-hybridized carbons (Fsp3) is 1.00. The highest BCUT2D eigenvalue weighted by Gasteiger charge is 2.21. The van der Waals surface area contributed by atoms with Gasteiger partial charge in [0.15, 0.2) is 0 Å². The predicted molar refractivity (Wildman–Crippen MR) is 55.9 cm³/mol. The molecule has 0 bridgehead atoms. The first-order valence-corrected chi connectivity index (χ1v) is 5.80. The maximum absolute atomic E-state index is 3.54. The highest BCUT2D eigenvalue weighted by atomic mass is 15.2. The summed E-state index contributed by atoms with van der Waals surface area (Å²) in [5.41, 5.74) is 0. The van der Waals surface area contributed by atoms with Gasteiger partial charge in [-0.2, -0.15) is 0 Å². The number of hydrogen-bond donors (Lipinski definition) is 1. The summed E-state index contributed by atoms with van der Waals surface area (Å²) in [6.45, 7) is 7.43. The van der Waals surface area contributed by atoms with Crippen LogP contribution >= 0.6 is 0 Å². The van der Waals surface area contributed by atoms with Crippen LogP contribution in [0.2, 0.25) is 0 Å². The molecule has 0 amide bonds. The molecule has 76 valence electrons. The van der Waals surface area contributed by atoms with Gasteiger partial charge in [-0.15, -0.1) is 0 Å². The van der Waals surface area contributed by atoms with E-state index < -0.39 is 0 Å². The first-order chi connectivity index (χ1) is 6.34. The number of nitrogens with zero attached hydrogens (tertiary/aromatic N) is 1. The Bertz CT molecular complexity index is 154. The van der Waals surface area contributed by atoms with Crippen molar-refractivity contribution in [2.45, 2.75) is 38.6 Å². The van der Waals surface area contributed by atoms with Crippen molar-refractivity contribution in [1.82, 2.24) is 10.2 Å². The van der Waals surface area contributed by atoms with Gasteiger partial charge in [0.05, 0.1) is 0 Å². The lowest BCUT2D eigenvalue weighted by Gasteiger charge is -2.31. The summed E-state index contributed by atoms with van der Waals surface area (Å²) in [5, 5.41) is 3.54. The highest BCUT2D eigenvalue weighted by Crippen LogP contribution is 2.27. The fourth-order valence-corrected chi connectivity index (χ4v) is 2.28. The van der Waals surface area contributed by atoms with Crippen molar-refractivity contribution >= 4 is 0 Å². The zero-order valence-electron chi connectivity index (χ0n) is 8.76. The Balaban J connectivity index is 1.71. The molecule has 2 heteroatoms. The standard InChI is InChI=1S/C11H22N2/c1-10-5-7-13(8-6-12-10)9-11-3-2-4-11/h10-12H,2-9H2,1H3. The van der Waals surface area contributed by atoms with Gasteiger partial charge in [-0.3, -0.25) is 0 Å². The summed E-state index contributed by atoms with van der Waals surface area (Å²) in [7, 11) is 0. The van der Waals surface area contributed by atoms with E-state index in [1.807, 2.05) is 0 Å². The average molecular weight is 182 g/mol. The van der Waals surface area contributed by atoms with Crippen LogP contribution in [0.5, 0.6) is 0 Å². The second kappa shape index (κ2) is 4.43. The van der Waals surface area contributed by atoms with Gasteiger partial charge < -0.3 is 10.2 Å². The van der Waals surface area contributed by atoms with Crippen LogP contribution in [-0.2, 0) is 0 Å². The van der Waals surface area contributed by atoms with Crippen molar-refractivity contribution in [1.29, 1.82) is 0 Å². The third kappa shape index (κ3) is 2.68. The van der Waals surface area contributed by atoms with E-state index >= 15 is 0 Å². The molecule has 2 aliphatic rings. The molecule has 1 aliphatic heterocycles. The van der Waals surface area contributed by atoms with E-state index in [0.29, 0.717) is 0 Å². The molecule has 1 aliphatic carbocycles. The molecular formula is C11H22N2. The number of rotatable bonds is 2. The van der Waals surface area contributed by atoms with Crippen molar-refractivity contribution in [3.8, 4) is 0 Å². The van der Waals surface area contributed by atoms with Crippen LogP contribution in [0, 0.1) is 5.92 Å². The summed E-state index contributed by atoms with van der Waals surface area (Å²) >= 11 is 0. The van der Waals surface area contributed by atoms with Crippen LogP contribution in [0.1, 0.15) is 32.6 Å². The molecule has 1 atom stereocenters. The zero-order valence-corrected chi connectivity index (χ0v) is 8.76. The lowest BCUT2D eigenvalue weighted by atomic mass is 9.85. The minimum absolute atomic E-state index is 0.728. The summed E-state index contributed by atoms with van der Waals surface area (Å²) in [6.07, 6.45) is 5.78. The van der Waals surface area contributed by atoms with E-state index in [1.54, 1.807) is 0 Å². The summed E-state index contributed by atoms with van der Waals surface area (Å²) < 4.78 is 0. The molecule has 0 spiro atoms. The SMILES string of the molecule is CC1CCN(CC2CCC2)CCN1. The van der Waals surface area contributed by atoms with Crippen molar-refractivity contribution < 1.29 is 0 Å². The summed E-state index contributed by atoms with van der Waals surface area (Å²) in [5.74, 6) is 1.04. The maximum Gasteiger partial charge on any atom is 0.0107 e. The van der Waals surface area contributed by atoms with Gasteiger partial charge in [-0.05, 0) is 38.6 Å². The van der Waals surface area contributed by atoms with Crippen LogP contribution in [0.25, 0.3) is 0 Å². The van der Waals surface area contributed by atoms with Crippen LogP contribution < -0.4 is 5.32 Å². The molecule has 0 aromatic rings. The second-order valence-electron chi connectivity index (χ2n) is 4.74. The van der Waals surface area contributed by atoms with Gasteiger partial charge >= 0.3 is 0 Å². The highest BCUT2D eigenvalue weighted by molar-refractivity contribution is 4.77. The van der Waals surface area contributed by atoms with Gasteiger partial charge in [-0.1, -0.05) is 6.42 Å². The molecule has 0 aromatic carbocycles. The van der Waals surface area contributed by atoms with Crippen LogP contribution in [-0.4, -0.2) is 37.1 Å². The molecule has 2 rings (SSSR count). The molecule has 1 unspecified atom stereocenters. The molecule has 2 nitrogen and oxygen atoms in total. The minimum Gasteiger partial charge on any atom is -0.313 e. The Kier molecular flexibility index (Phi) is 3.23. The molecule has 0 radical (unpaired) electrons. The Labute approximate surface area is 81.7 Å². The van der Waals surface area contributed by atoms with E-state index in [0.717, 1.165) is 12.0 Å². The molecule has 1 heterocycles. The molecule has 1 saturated carbocycles. The molecule has 13 heavy (non-hydrogen) atoms. The van der Waals surface area contributed by atoms with Crippen LogP contribution in [0.4, 0.5) is 0 Å². The van der Waals surface area contributed by atoms with E-state index in [4.69, 9.17) is 0 Å². The largest absolute Gasteiger partial charge is 0.313 e. The van der Waals surface area contributed by atoms with Gasteiger partial charge in [0.2, 0.25) is 0 Å². The van der Waals surface area contributed by atoms with Crippen molar-refractivity contribution in [2.24, 2.45) is 5.92 Å². The minimum atomic E-state index is 0.728. The van der Waals surface area contributed by atoms with Crippen molar-refractivity contribution in [3.63, 3.8) is 0 Å². The first-order valence-electron chi connectivity index (χ1n) is 5.80. The second-order valence-corrected chi connectivity index (χ2v) is 4.74. The van der Waals surface area contributed by atoms with E-state index in [-0.39, 0.29) is 0 Å². The summed E-state index contributed by atoms with van der Waals surface area (Å²) in [6, 6.07) is 0.728. The van der Waals surface area contributed by atoms with Crippen molar-refractivity contribution in [2.75, 3.05) is 26.2 Å². The smallest absolute Gasteiger partial charge is 0.0107 e. The monoisotopic (exact) mass is 182 g/mol. The van der Waals surface area contributed by atoms with Crippen molar-refractivity contribution in [3.05, 3.63) is 0 Å². The van der Waals surface area contributed by atoms with Crippen LogP contribution in [0.3, 0.4) is 0 Å². The number of nitrogens with one attached hydrogen (secondary N) is 1. The van der Waals surface area contributed by atoms with Gasteiger partial charge in [0.25, 0.3) is 0 Å². The van der Waals surface area contributed by atoms with Gasteiger partial charge in [0.1, 0.15) is 0 Å². The molecule has 2 fully saturated rings. The third-order valence-electron chi connectivity index (χ3n) is 3.54. The Morgan fingerprint density at radius 3 is 2.77 bits per heavy atom. The molecule has 1 saturated heterocycles. The quantitative estimate of drug-likeness (QED) is 0.695. The average Bonchev–Trinajstić information content (AvgIpc) is 2.23. The Morgan fingerprint density at radius 1 is 1.23 bits per heavy atom. The van der Waals surface area contributed by atoms with Gasteiger partial charge in [0, 0.05) is 25.7 Å². The number of hydrogen-bond acceptors (Lipinski definition) is 2. The van der Waals surface area contributed by atoms with Crippen LogP contribution in [0.15, 0.2) is 0 Å². The lowest BCUT2D eigenvalue weighted by molar-refractivity contribution is 0.185. The lowest BCUT2D eigenvalue weighted by Crippen LogP contribution is -2.35. The summed E-state index contributed by atoms with van der Waals surface area (Å²) in [4.78, 5) is 2.65. The Hall–Kier alpha value is -0.0800. The zero-order chi connectivity index (χ0) is 9.10. The maximum atomic E-state index is 3.54. The van der Waals surface area contributed by atoms with E-state index in [2.05, 4.69) is 17.1 Å². The van der Waals surface area contributed by atoms with Gasteiger partial charge in [-0.25, -0.2) is 0 Å². The molecular weight excluding hydrogens is 160 g/mol. The topological polar surface area (TPSA) is 15.3 Å². The van der Waals surface area contributed by atoms with E-state index in [1.165, 1.54) is 51.9 Å². The fourth-order valence-electron chi connectivity index (χ4n) is 2.28. The first kappa shape index (κ1) is 9.47. The molecule has 1 N–H and O–H groups in total. The Morgan fingerprint density at radius 2 is 2.08 bits per heavy atom. The normalized spacial score (nSPS) is 32.5. The van der Waals surface area contributed by atoms with E-state index in [9.17, 15) is 0 Å².